The van der Waals surface area contributed by atoms with Gasteiger partial charge in [0.1, 0.15) is 5.15 Å². The van der Waals surface area contributed by atoms with E-state index in [2.05, 4.69) is 17.2 Å². The van der Waals surface area contributed by atoms with Crippen molar-refractivity contribution in [3.8, 4) is 0 Å². The Bertz CT molecular complexity index is 308. The number of rotatable bonds is 3. The Balaban J connectivity index is 1.88. The highest BCUT2D eigenvalue weighted by Gasteiger charge is 2.32. The minimum Gasteiger partial charge on any atom is -0.383 e. The van der Waals surface area contributed by atoms with Gasteiger partial charge in [-0.1, -0.05) is 18.5 Å². The van der Waals surface area contributed by atoms with Crippen molar-refractivity contribution in [1.29, 1.82) is 0 Å². The van der Waals surface area contributed by atoms with Gasteiger partial charge in [0.15, 0.2) is 0 Å². The number of hydrogen-bond acceptors (Lipinski definition) is 3. The van der Waals surface area contributed by atoms with Crippen LogP contribution in [0.5, 0.6) is 0 Å². The lowest BCUT2D eigenvalue weighted by molar-refractivity contribution is -0.0924. The van der Waals surface area contributed by atoms with Gasteiger partial charge in [0.2, 0.25) is 0 Å². The van der Waals surface area contributed by atoms with Gasteiger partial charge in [-0.2, -0.15) is 0 Å². The van der Waals surface area contributed by atoms with Crippen molar-refractivity contribution in [2.75, 3.05) is 25.1 Å². The summed E-state index contributed by atoms with van der Waals surface area (Å²) in [6.45, 7) is 4.78. The first-order chi connectivity index (χ1) is 6.68. The molecule has 1 aliphatic heterocycles. The van der Waals surface area contributed by atoms with Crippen molar-refractivity contribution < 1.29 is 4.74 Å². The summed E-state index contributed by atoms with van der Waals surface area (Å²) in [5.41, 5.74) is 1.28. The molecule has 0 saturated carbocycles. The molecule has 0 spiro atoms. The van der Waals surface area contributed by atoms with Crippen LogP contribution in [-0.2, 0) is 4.74 Å². The lowest BCUT2D eigenvalue weighted by Gasteiger charge is -2.38. The smallest absolute Gasteiger partial charge is 0.129 e. The summed E-state index contributed by atoms with van der Waals surface area (Å²) in [5.74, 6) is 0. The summed E-state index contributed by atoms with van der Waals surface area (Å²) in [7, 11) is 0. The largest absolute Gasteiger partial charge is 0.383 e. The Morgan fingerprint density at radius 3 is 2.86 bits per heavy atom. The molecule has 1 aromatic rings. The average molecular weight is 213 g/mol. The molecule has 1 aromatic heterocycles. The molecule has 14 heavy (non-hydrogen) atoms. The van der Waals surface area contributed by atoms with Gasteiger partial charge in [0.05, 0.1) is 25.1 Å². The highest BCUT2D eigenvalue weighted by atomic mass is 35.5. The topological polar surface area (TPSA) is 34.2 Å². The zero-order valence-electron chi connectivity index (χ0n) is 8.09. The van der Waals surface area contributed by atoms with Gasteiger partial charge >= 0.3 is 0 Å². The SMILES string of the molecule is CC1(CNc2ccc(Cl)nc2)COC1. The van der Waals surface area contributed by atoms with Crippen LogP contribution in [0.15, 0.2) is 18.3 Å². The summed E-state index contributed by atoms with van der Waals surface area (Å²) in [6.07, 6.45) is 1.74. The molecule has 1 fully saturated rings. The number of aromatic nitrogens is 1. The Morgan fingerprint density at radius 1 is 1.57 bits per heavy atom. The van der Waals surface area contributed by atoms with E-state index in [4.69, 9.17) is 16.3 Å². The van der Waals surface area contributed by atoms with Gasteiger partial charge in [-0.3, -0.25) is 0 Å². The van der Waals surface area contributed by atoms with Crippen LogP contribution in [-0.4, -0.2) is 24.7 Å². The van der Waals surface area contributed by atoms with E-state index in [1.165, 1.54) is 0 Å². The van der Waals surface area contributed by atoms with Gasteiger partial charge in [0, 0.05) is 12.0 Å². The third kappa shape index (κ3) is 2.16. The predicted molar refractivity (Wildman–Crippen MR) is 56.7 cm³/mol. The van der Waals surface area contributed by atoms with Crippen molar-refractivity contribution in [1.82, 2.24) is 4.98 Å². The number of ether oxygens (including phenoxy) is 1. The number of hydrogen-bond donors (Lipinski definition) is 1. The van der Waals surface area contributed by atoms with Crippen LogP contribution in [0.1, 0.15) is 6.92 Å². The minimum atomic E-state index is 0.277. The predicted octanol–water partition coefficient (Wildman–Crippen LogP) is 2.18. The zero-order chi connectivity index (χ0) is 10.0. The lowest BCUT2D eigenvalue weighted by Crippen LogP contribution is -2.45. The van der Waals surface area contributed by atoms with Crippen LogP contribution in [0.25, 0.3) is 0 Å². The van der Waals surface area contributed by atoms with Crippen LogP contribution >= 0.6 is 11.6 Å². The summed E-state index contributed by atoms with van der Waals surface area (Å²) < 4.78 is 5.17. The standard InChI is InChI=1S/C10H13ClN2O/c1-10(6-14-7-10)5-13-8-2-3-9(11)12-4-8/h2-4,13H,5-7H2,1H3. The van der Waals surface area contributed by atoms with Crippen LogP contribution in [0, 0.1) is 5.41 Å². The molecule has 0 aromatic carbocycles. The summed E-state index contributed by atoms with van der Waals surface area (Å²) in [5, 5.41) is 3.84. The molecule has 0 atom stereocenters. The molecule has 4 heteroatoms. The Morgan fingerprint density at radius 2 is 2.36 bits per heavy atom. The molecule has 1 saturated heterocycles. The second-order valence-corrected chi connectivity index (χ2v) is 4.41. The maximum Gasteiger partial charge on any atom is 0.129 e. The number of pyridine rings is 1. The van der Waals surface area contributed by atoms with Crippen molar-refractivity contribution in [3.05, 3.63) is 23.5 Å². The van der Waals surface area contributed by atoms with Gasteiger partial charge in [-0.05, 0) is 12.1 Å². The van der Waals surface area contributed by atoms with Crippen LogP contribution in [0.2, 0.25) is 5.15 Å². The average Bonchev–Trinajstić information content (AvgIpc) is 2.14. The van der Waals surface area contributed by atoms with Crippen LogP contribution < -0.4 is 5.32 Å². The molecule has 0 aliphatic carbocycles. The molecule has 76 valence electrons. The first kappa shape index (κ1) is 9.74. The molecule has 0 amide bonds. The number of nitrogens with one attached hydrogen (secondary N) is 1. The minimum absolute atomic E-state index is 0.277. The molecule has 0 bridgehead atoms. The highest BCUT2D eigenvalue weighted by Crippen LogP contribution is 2.26. The molecule has 0 radical (unpaired) electrons. The maximum atomic E-state index is 5.68. The van der Waals surface area contributed by atoms with Crippen molar-refractivity contribution in [2.45, 2.75) is 6.92 Å². The molecule has 3 nitrogen and oxygen atoms in total. The van der Waals surface area contributed by atoms with Crippen molar-refractivity contribution in [3.63, 3.8) is 0 Å². The monoisotopic (exact) mass is 212 g/mol. The second kappa shape index (κ2) is 3.75. The fourth-order valence-electron chi connectivity index (χ4n) is 1.35. The van der Waals surface area contributed by atoms with Gasteiger partial charge in [0.25, 0.3) is 0 Å². The lowest BCUT2D eigenvalue weighted by atomic mass is 9.89. The summed E-state index contributed by atoms with van der Waals surface area (Å²) in [4.78, 5) is 4.00. The third-order valence-corrected chi connectivity index (χ3v) is 2.57. The van der Waals surface area contributed by atoms with Crippen LogP contribution in [0.4, 0.5) is 5.69 Å². The summed E-state index contributed by atoms with van der Waals surface area (Å²) >= 11 is 5.68. The van der Waals surface area contributed by atoms with Gasteiger partial charge in [-0.25, -0.2) is 4.98 Å². The van der Waals surface area contributed by atoms with E-state index < -0.39 is 0 Å². The van der Waals surface area contributed by atoms with E-state index in [1.807, 2.05) is 6.07 Å². The molecule has 0 unspecified atom stereocenters. The van der Waals surface area contributed by atoms with E-state index >= 15 is 0 Å². The zero-order valence-corrected chi connectivity index (χ0v) is 8.84. The van der Waals surface area contributed by atoms with Crippen molar-refractivity contribution >= 4 is 17.3 Å². The summed E-state index contributed by atoms with van der Waals surface area (Å²) in [6, 6.07) is 3.71. The molecule has 2 rings (SSSR count). The molecule has 1 aliphatic rings. The first-order valence-electron chi connectivity index (χ1n) is 4.61. The molecular weight excluding hydrogens is 200 g/mol. The number of halogens is 1. The highest BCUT2D eigenvalue weighted by molar-refractivity contribution is 6.29. The van der Waals surface area contributed by atoms with E-state index in [0.29, 0.717) is 5.15 Å². The molecular formula is C10H13ClN2O. The normalized spacial score (nSPS) is 18.7. The van der Waals surface area contributed by atoms with Gasteiger partial charge < -0.3 is 10.1 Å². The van der Waals surface area contributed by atoms with Crippen LogP contribution in [0.3, 0.4) is 0 Å². The Labute approximate surface area is 88.4 Å². The molecule has 1 N–H and O–H groups in total. The fourth-order valence-corrected chi connectivity index (χ4v) is 1.46. The van der Waals surface area contributed by atoms with E-state index in [1.54, 1.807) is 12.3 Å². The first-order valence-corrected chi connectivity index (χ1v) is 4.99. The maximum absolute atomic E-state index is 5.68. The Kier molecular flexibility index (Phi) is 2.61. The number of anilines is 1. The van der Waals surface area contributed by atoms with E-state index in [9.17, 15) is 0 Å². The third-order valence-electron chi connectivity index (χ3n) is 2.35. The molecule has 2 heterocycles. The van der Waals surface area contributed by atoms with Crippen molar-refractivity contribution in [2.24, 2.45) is 5.41 Å². The Hall–Kier alpha value is -0.800. The number of nitrogens with zero attached hydrogens (tertiary/aromatic N) is 1. The van der Waals surface area contributed by atoms with E-state index in [-0.39, 0.29) is 5.41 Å². The quantitative estimate of drug-likeness (QED) is 0.780. The van der Waals surface area contributed by atoms with Gasteiger partial charge in [-0.15, -0.1) is 0 Å². The van der Waals surface area contributed by atoms with E-state index in [0.717, 1.165) is 25.4 Å². The fraction of sp³-hybridized carbons (Fsp3) is 0.500. The second-order valence-electron chi connectivity index (χ2n) is 4.03.